The van der Waals surface area contributed by atoms with E-state index in [2.05, 4.69) is 10.1 Å². The highest BCUT2D eigenvalue weighted by molar-refractivity contribution is 5.90. The van der Waals surface area contributed by atoms with Crippen LogP contribution in [0.1, 0.15) is 13.8 Å². The lowest BCUT2D eigenvalue weighted by Gasteiger charge is -2.39. The fourth-order valence-electron chi connectivity index (χ4n) is 2.51. The number of ether oxygens (including phenoxy) is 1. The summed E-state index contributed by atoms with van der Waals surface area (Å²) in [5, 5.41) is 2.55. The van der Waals surface area contributed by atoms with E-state index >= 15 is 0 Å². The molecule has 1 heterocycles. The monoisotopic (exact) mass is 345 g/mol. The van der Waals surface area contributed by atoms with Crippen LogP contribution in [0.15, 0.2) is 24.3 Å². The van der Waals surface area contributed by atoms with Gasteiger partial charge in [0, 0.05) is 44.4 Å². The number of urea groups is 1. The van der Waals surface area contributed by atoms with Gasteiger partial charge in [-0.1, -0.05) is 6.07 Å². The Bertz CT molecular complexity index is 621. The average Bonchev–Trinajstić information content (AvgIpc) is 2.45. The molecule has 24 heavy (non-hydrogen) atoms. The first-order chi connectivity index (χ1) is 11.2. The lowest BCUT2D eigenvalue weighted by Crippen LogP contribution is -2.56. The third-order valence-corrected chi connectivity index (χ3v) is 3.65. The lowest BCUT2D eigenvalue weighted by atomic mass is 10.2. The van der Waals surface area contributed by atoms with Gasteiger partial charge in [-0.05, 0) is 19.1 Å². The first-order valence-electron chi connectivity index (χ1n) is 7.34. The zero-order chi connectivity index (χ0) is 17.9. The predicted octanol–water partition coefficient (Wildman–Crippen LogP) is 2.67. The van der Waals surface area contributed by atoms with Crippen molar-refractivity contribution in [1.29, 1.82) is 0 Å². The van der Waals surface area contributed by atoms with Crippen molar-refractivity contribution in [2.75, 3.05) is 25.0 Å². The number of carbonyl (C=O) groups excluding carboxylic acids is 2. The number of hydrogen-bond acceptors (Lipinski definition) is 3. The number of piperazine rings is 1. The fraction of sp³-hybridized carbons (Fsp3) is 0.467. The molecular weight excluding hydrogens is 327 g/mol. The molecule has 3 amide bonds. The van der Waals surface area contributed by atoms with Gasteiger partial charge in [0.05, 0.1) is 0 Å². The largest absolute Gasteiger partial charge is 0.573 e. The Morgan fingerprint density at radius 3 is 2.58 bits per heavy atom. The minimum Gasteiger partial charge on any atom is -0.406 e. The molecule has 1 aromatic rings. The highest BCUT2D eigenvalue weighted by Gasteiger charge is 2.31. The molecule has 6 nitrogen and oxygen atoms in total. The van der Waals surface area contributed by atoms with Gasteiger partial charge in [0.25, 0.3) is 0 Å². The van der Waals surface area contributed by atoms with Crippen LogP contribution >= 0.6 is 0 Å². The van der Waals surface area contributed by atoms with E-state index in [9.17, 15) is 22.8 Å². The van der Waals surface area contributed by atoms with Gasteiger partial charge >= 0.3 is 12.4 Å². The van der Waals surface area contributed by atoms with Crippen molar-refractivity contribution in [2.45, 2.75) is 26.3 Å². The zero-order valence-corrected chi connectivity index (χ0v) is 13.3. The number of halogens is 3. The molecule has 0 unspecified atom stereocenters. The van der Waals surface area contributed by atoms with Gasteiger partial charge in [0.15, 0.2) is 0 Å². The summed E-state index contributed by atoms with van der Waals surface area (Å²) in [7, 11) is 0. The lowest BCUT2D eigenvalue weighted by molar-refractivity contribution is -0.274. The van der Waals surface area contributed by atoms with Gasteiger partial charge in [0.1, 0.15) is 5.75 Å². The van der Waals surface area contributed by atoms with Crippen LogP contribution < -0.4 is 10.1 Å². The highest BCUT2D eigenvalue weighted by atomic mass is 19.4. The summed E-state index contributed by atoms with van der Waals surface area (Å²) in [6.45, 7) is 4.46. The Hall–Kier alpha value is -2.45. The maximum absolute atomic E-state index is 12.3. The van der Waals surface area contributed by atoms with Crippen molar-refractivity contribution in [3.63, 3.8) is 0 Å². The molecule has 0 aliphatic carbocycles. The van der Waals surface area contributed by atoms with E-state index in [4.69, 9.17) is 0 Å². The van der Waals surface area contributed by atoms with Crippen molar-refractivity contribution in [3.8, 4) is 5.75 Å². The molecular formula is C15H18F3N3O3. The number of anilines is 1. The van der Waals surface area contributed by atoms with E-state index in [0.717, 1.165) is 12.1 Å². The normalized spacial score (nSPS) is 18.3. The summed E-state index contributed by atoms with van der Waals surface area (Å²) >= 11 is 0. The Balaban J connectivity index is 2.00. The van der Waals surface area contributed by atoms with Crippen LogP contribution in [0.5, 0.6) is 5.75 Å². The van der Waals surface area contributed by atoms with Crippen molar-refractivity contribution >= 4 is 17.6 Å². The second kappa shape index (κ2) is 6.98. The third kappa shape index (κ3) is 4.77. The molecule has 0 spiro atoms. The van der Waals surface area contributed by atoms with E-state index in [1.807, 2.05) is 0 Å². The zero-order valence-electron chi connectivity index (χ0n) is 13.3. The van der Waals surface area contributed by atoms with E-state index in [1.54, 1.807) is 11.8 Å². The molecule has 0 saturated carbocycles. The summed E-state index contributed by atoms with van der Waals surface area (Å²) in [5.74, 6) is -0.464. The molecule has 0 aromatic heterocycles. The highest BCUT2D eigenvalue weighted by Crippen LogP contribution is 2.25. The standard InChI is InChI=1S/C15H18F3N3O3/c1-10-9-20(11(2)22)6-7-21(10)14(23)19-12-4-3-5-13(8-12)24-15(16,17)18/h3-5,8,10H,6-7,9H2,1-2H3,(H,19,23)/t10-/m1/s1. The van der Waals surface area contributed by atoms with Crippen LogP contribution in [0.4, 0.5) is 23.7 Å². The van der Waals surface area contributed by atoms with Gasteiger partial charge in [-0.3, -0.25) is 4.79 Å². The summed E-state index contributed by atoms with van der Waals surface area (Å²) in [6, 6.07) is 4.44. The second-order valence-electron chi connectivity index (χ2n) is 5.51. The van der Waals surface area contributed by atoms with Crippen LogP contribution in [0, 0.1) is 0 Å². The van der Waals surface area contributed by atoms with E-state index < -0.39 is 18.1 Å². The molecule has 9 heteroatoms. The Kier molecular flexibility index (Phi) is 5.20. The molecule has 0 bridgehead atoms. The molecule has 1 aromatic carbocycles. The number of amides is 3. The smallest absolute Gasteiger partial charge is 0.406 e. The van der Waals surface area contributed by atoms with Gasteiger partial charge in [-0.15, -0.1) is 13.2 Å². The van der Waals surface area contributed by atoms with Crippen molar-refractivity contribution in [2.24, 2.45) is 0 Å². The Morgan fingerprint density at radius 1 is 1.29 bits per heavy atom. The number of nitrogens with zero attached hydrogens (tertiary/aromatic N) is 2. The molecule has 1 aliphatic rings. The van der Waals surface area contributed by atoms with Gasteiger partial charge in [0.2, 0.25) is 5.91 Å². The van der Waals surface area contributed by atoms with Crippen LogP contribution in [0.3, 0.4) is 0 Å². The number of rotatable bonds is 2. The summed E-state index contributed by atoms with van der Waals surface area (Å²) < 4.78 is 40.5. The van der Waals surface area contributed by atoms with E-state index in [1.165, 1.54) is 24.0 Å². The SMILES string of the molecule is CC(=O)N1CCN(C(=O)Nc2cccc(OC(F)(F)F)c2)[C@H](C)C1. The van der Waals surface area contributed by atoms with Crippen LogP contribution in [0.2, 0.25) is 0 Å². The fourth-order valence-corrected chi connectivity index (χ4v) is 2.51. The van der Waals surface area contributed by atoms with Crippen molar-refractivity contribution in [3.05, 3.63) is 24.3 Å². The Morgan fingerprint density at radius 2 is 2.00 bits per heavy atom. The number of nitrogens with one attached hydrogen (secondary N) is 1. The Labute approximate surface area is 137 Å². The molecule has 1 fully saturated rings. The quantitative estimate of drug-likeness (QED) is 0.896. The topological polar surface area (TPSA) is 61.9 Å². The number of benzene rings is 1. The second-order valence-corrected chi connectivity index (χ2v) is 5.51. The van der Waals surface area contributed by atoms with Gasteiger partial charge in [-0.2, -0.15) is 0 Å². The van der Waals surface area contributed by atoms with Crippen LogP contribution in [0.25, 0.3) is 0 Å². The summed E-state index contributed by atoms with van der Waals surface area (Å²) in [5.41, 5.74) is 0.197. The molecule has 2 rings (SSSR count). The molecule has 1 aliphatic heterocycles. The van der Waals surface area contributed by atoms with Crippen LogP contribution in [-0.2, 0) is 4.79 Å². The third-order valence-electron chi connectivity index (χ3n) is 3.65. The summed E-state index contributed by atoms with van der Waals surface area (Å²) in [4.78, 5) is 26.8. The minimum absolute atomic E-state index is 0.0566. The van der Waals surface area contributed by atoms with Crippen molar-refractivity contribution in [1.82, 2.24) is 9.80 Å². The first-order valence-corrected chi connectivity index (χ1v) is 7.34. The maximum atomic E-state index is 12.3. The maximum Gasteiger partial charge on any atom is 0.573 e. The van der Waals surface area contributed by atoms with Crippen LogP contribution in [-0.4, -0.2) is 53.8 Å². The first kappa shape index (κ1) is 17.9. The minimum atomic E-state index is -4.79. The molecule has 1 N–H and O–H groups in total. The number of alkyl halides is 3. The van der Waals surface area contributed by atoms with E-state index in [-0.39, 0.29) is 17.6 Å². The van der Waals surface area contributed by atoms with Crippen molar-refractivity contribution < 1.29 is 27.5 Å². The number of carbonyl (C=O) groups is 2. The van der Waals surface area contributed by atoms with E-state index in [0.29, 0.717) is 19.6 Å². The molecule has 132 valence electrons. The molecule has 1 atom stereocenters. The predicted molar refractivity (Wildman–Crippen MR) is 80.6 cm³/mol. The number of hydrogen-bond donors (Lipinski definition) is 1. The molecule has 0 radical (unpaired) electrons. The summed E-state index contributed by atoms with van der Waals surface area (Å²) in [6.07, 6.45) is -4.79. The van der Waals surface area contributed by atoms with Gasteiger partial charge < -0.3 is 19.9 Å². The van der Waals surface area contributed by atoms with Gasteiger partial charge in [-0.25, -0.2) is 4.79 Å². The molecule has 1 saturated heterocycles. The average molecular weight is 345 g/mol.